The monoisotopic (exact) mass is 797 g/mol. The van der Waals surface area contributed by atoms with E-state index in [1.54, 1.807) is 29.0 Å². The minimum atomic E-state index is -1.40. The van der Waals surface area contributed by atoms with Gasteiger partial charge >= 0.3 is 5.97 Å². The van der Waals surface area contributed by atoms with Gasteiger partial charge in [-0.1, -0.05) is 119 Å². The van der Waals surface area contributed by atoms with E-state index < -0.39 is 66.3 Å². The van der Waals surface area contributed by atoms with E-state index in [1.807, 2.05) is 97.9 Å². The lowest BCUT2D eigenvalue weighted by molar-refractivity contribution is -0.165. The molecule has 3 saturated heterocycles. The van der Waals surface area contributed by atoms with Gasteiger partial charge < -0.3 is 29.3 Å². The van der Waals surface area contributed by atoms with E-state index in [0.29, 0.717) is 17.5 Å². The smallest absolute Gasteiger partial charge is 0.313 e. The zero-order valence-electron chi connectivity index (χ0n) is 30.7. The Labute approximate surface area is 325 Å². The van der Waals surface area contributed by atoms with Crippen molar-refractivity contribution in [2.75, 3.05) is 20.2 Å². The van der Waals surface area contributed by atoms with Gasteiger partial charge in [-0.3, -0.25) is 19.2 Å². The zero-order valence-corrected chi connectivity index (χ0v) is 32.3. The molecular weight excluding hydrogens is 750 g/mol. The molecule has 1 spiro atoms. The summed E-state index contributed by atoms with van der Waals surface area (Å²) in [6.45, 7) is 9.45. The molecule has 3 heterocycles. The number of nitrogens with zero attached hydrogens (tertiary/aromatic N) is 3. The number of halogens is 1. The first kappa shape index (κ1) is 39.1. The highest BCUT2D eigenvalue weighted by atomic mass is 79.9. The summed E-state index contributed by atoms with van der Waals surface area (Å²) in [6.07, 6.45) is 2.74. The number of carbonyl (C=O) groups excluding carboxylic acids is 4. The number of alkyl halides is 1. The first-order chi connectivity index (χ1) is 26.1. The van der Waals surface area contributed by atoms with Gasteiger partial charge in [0.1, 0.15) is 17.7 Å². The molecule has 0 aromatic heterocycles. The van der Waals surface area contributed by atoms with E-state index in [9.17, 15) is 14.7 Å². The molecule has 0 saturated carbocycles. The second kappa shape index (κ2) is 16.8. The number of likely N-dealkylation sites (N-methyl/N-ethyl adjacent to an activating group) is 1. The molecule has 54 heavy (non-hydrogen) atoms. The molecule has 3 aliphatic rings. The quantitative estimate of drug-likeness (QED) is 0.111. The first-order valence-electron chi connectivity index (χ1n) is 18.4. The summed E-state index contributed by atoms with van der Waals surface area (Å²) >= 11 is 3.76. The molecule has 3 aromatic rings. The van der Waals surface area contributed by atoms with E-state index in [-0.39, 0.29) is 42.6 Å². The number of hydrogen-bond acceptors (Lipinski definition) is 7. The number of aliphatic hydroxyl groups excluding tert-OH is 1. The third-order valence-corrected chi connectivity index (χ3v) is 12.0. The predicted octanol–water partition coefficient (Wildman–Crippen LogP) is 5.78. The summed E-state index contributed by atoms with van der Waals surface area (Å²) in [5.74, 6) is -3.75. The van der Waals surface area contributed by atoms with E-state index in [4.69, 9.17) is 9.47 Å². The number of aliphatic hydroxyl groups is 1. The SMILES string of the molecule is C=CCCC(=O)N(C)[C@@H](C)[C@@H](OC(=O)[C@H]1[C@@H]2O[C@@]3(CC2Br)[C@@H]1C(=O)N([C@H](CO)c1ccccc1)[C@@H]3C(=O)N(CC=C)Cc1ccccc1)c1ccccc1. The van der Waals surface area contributed by atoms with Gasteiger partial charge in [0.25, 0.3) is 0 Å². The van der Waals surface area contributed by atoms with E-state index >= 15 is 9.59 Å². The minimum Gasteiger partial charge on any atom is -0.455 e. The van der Waals surface area contributed by atoms with Crippen LogP contribution in [0, 0.1) is 11.8 Å². The zero-order chi connectivity index (χ0) is 38.6. The largest absolute Gasteiger partial charge is 0.455 e. The van der Waals surface area contributed by atoms with E-state index in [2.05, 4.69) is 29.1 Å². The van der Waals surface area contributed by atoms with Gasteiger partial charge in [0.15, 0.2) is 0 Å². The summed E-state index contributed by atoms with van der Waals surface area (Å²) < 4.78 is 13.2. The second-order valence-electron chi connectivity index (χ2n) is 14.4. The molecule has 3 amide bonds. The van der Waals surface area contributed by atoms with Crippen LogP contribution in [0.2, 0.25) is 0 Å². The third-order valence-electron chi connectivity index (χ3n) is 11.2. The summed E-state index contributed by atoms with van der Waals surface area (Å²) in [5, 5.41) is 10.9. The molecule has 0 radical (unpaired) electrons. The van der Waals surface area contributed by atoms with Gasteiger partial charge in [-0.25, -0.2) is 0 Å². The fraction of sp³-hybridized carbons (Fsp3) is 0.395. The van der Waals surface area contributed by atoms with Gasteiger partial charge in [-0.05, 0) is 36.5 Å². The minimum absolute atomic E-state index is 0.124. The Kier molecular flexibility index (Phi) is 12.2. The van der Waals surface area contributed by atoms with Crippen LogP contribution in [0.25, 0.3) is 0 Å². The van der Waals surface area contributed by atoms with Crippen LogP contribution in [-0.4, -0.2) is 92.3 Å². The average molecular weight is 799 g/mol. The van der Waals surface area contributed by atoms with Crippen LogP contribution in [0.1, 0.15) is 55.0 Å². The van der Waals surface area contributed by atoms with E-state index in [1.165, 1.54) is 4.90 Å². The molecule has 284 valence electrons. The normalized spacial score (nSPS) is 25.7. The second-order valence-corrected chi connectivity index (χ2v) is 15.5. The number of amides is 3. The molecule has 3 aromatic carbocycles. The average Bonchev–Trinajstić information content (AvgIpc) is 3.79. The molecule has 3 fully saturated rings. The van der Waals surface area contributed by atoms with Gasteiger partial charge in [-0.2, -0.15) is 0 Å². The molecule has 2 bridgehead atoms. The number of ether oxygens (including phenoxy) is 2. The van der Waals surface area contributed by atoms with Crippen molar-refractivity contribution >= 4 is 39.6 Å². The van der Waals surface area contributed by atoms with Crippen molar-refractivity contribution < 1.29 is 33.8 Å². The maximum absolute atomic E-state index is 15.1. The molecule has 1 unspecified atom stereocenters. The molecule has 6 rings (SSSR count). The van der Waals surface area contributed by atoms with Crippen LogP contribution < -0.4 is 0 Å². The van der Waals surface area contributed by atoms with Crippen molar-refractivity contribution in [1.29, 1.82) is 0 Å². The van der Waals surface area contributed by atoms with Gasteiger partial charge in [0.2, 0.25) is 17.7 Å². The number of benzene rings is 3. The van der Waals surface area contributed by atoms with Gasteiger partial charge in [0.05, 0.1) is 36.6 Å². The molecule has 3 aliphatic heterocycles. The van der Waals surface area contributed by atoms with Crippen molar-refractivity contribution in [2.24, 2.45) is 11.8 Å². The Morgan fingerprint density at radius 1 is 1.00 bits per heavy atom. The Morgan fingerprint density at radius 3 is 2.20 bits per heavy atom. The Hall–Kier alpha value is -4.58. The fourth-order valence-electron chi connectivity index (χ4n) is 8.47. The number of hydrogen-bond donors (Lipinski definition) is 1. The number of carbonyl (C=O) groups is 4. The summed E-state index contributed by atoms with van der Waals surface area (Å²) in [6, 6.07) is 25.2. The van der Waals surface area contributed by atoms with Crippen LogP contribution >= 0.6 is 15.9 Å². The number of esters is 1. The van der Waals surface area contributed by atoms with Crippen LogP contribution in [0.5, 0.6) is 0 Å². The maximum Gasteiger partial charge on any atom is 0.313 e. The number of allylic oxidation sites excluding steroid dienone is 1. The highest BCUT2D eigenvalue weighted by Crippen LogP contribution is 2.61. The molecule has 11 heteroatoms. The lowest BCUT2D eigenvalue weighted by Crippen LogP contribution is -2.57. The molecular formula is C43H48BrN3O7. The summed E-state index contributed by atoms with van der Waals surface area (Å²) in [7, 11) is 1.68. The molecule has 10 nitrogen and oxygen atoms in total. The van der Waals surface area contributed by atoms with Crippen molar-refractivity contribution in [3.8, 4) is 0 Å². The maximum atomic E-state index is 15.1. The number of fused-ring (bicyclic) bond motifs is 1. The lowest BCUT2D eigenvalue weighted by atomic mass is 9.70. The molecule has 9 atom stereocenters. The number of likely N-dealkylation sites (tertiary alicyclic amines) is 1. The number of rotatable bonds is 16. The Balaban J connectivity index is 1.40. The van der Waals surface area contributed by atoms with Crippen LogP contribution in [0.4, 0.5) is 0 Å². The van der Waals surface area contributed by atoms with Crippen molar-refractivity contribution in [3.63, 3.8) is 0 Å². The lowest BCUT2D eigenvalue weighted by Gasteiger charge is -2.39. The van der Waals surface area contributed by atoms with E-state index in [0.717, 1.165) is 5.56 Å². The predicted molar refractivity (Wildman–Crippen MR) is 208 cm³/mol. The highest BCUT2D eigenvalue weighted by Gasteiger charge is 2.77. The van der Waals surface area contributed by atoms with Crippen LogP contribution in [-0.2, 0) is 35.2 Å². The van der Waals surface area contributed by atoms with Gasteiger partial charge in [0, 0.05) is 31.4 Å². The standard InChI is InChI=1S/C43H48BrN3O7/c1-5-7-23-34(49)45(4)28(3)37(31-21-15-10-16-22-31)53-42(52)35-36-40(50)47(33(27-48)30-19-13-9-14-20-30)39(43(36)25-32(44)38(35)54-43)41(51)46(24-6-2)26-29-17-11-8-12-18-29/h5-6,8-22,28,32-33,35-39,48H,1-2,7,23-27H2,3-4H3/t28-,32?,33+,35+,36-,37+,38+,39+,43-/m0/s1. The highest BCUT2D eigenvalue weighted by molar-refractivity contribution is 9.09. The van der Waals surface area contributed by atoms with Crippen LogP contribution in [0.15, 0.2) is 116 Å². The van der Waals surface area contributed by atoms with Crippen molar-refractivity contribution in [2.45, 2.75) is 73.5 Å². The Bertz CT molecular complexity index is 1830. The molecule has 1 N–H and O–H groups in total. The van der Waals surface area contributed by atoms with Crippen molar-refractivity contribution in [3.05, 3.63) is 133 Å². The van der Waals surface area contributed by atoms with Crippen LogP contribution in [0.3, 0.4) is 0 Å². The first-order valence-corrected chi connectivity index (χ1v) is 19.3. The summed E-state index contributed by atoms with van der Waals surface area (Å²) in [5.41, 5.74) is 0.825. The fourth-order valence-corrected chi connectivity index (χ4v) is 9.41. The van der Waals surface area contributed by atoms with Gasteiger partial charge in [-0.15, -0.1) is 13.2 Å². The summed E-state index contributed by atoms with van der Waals surface area (Å²) in [4.78, 5) is 62.3. The topological polar surface area (TPSA) is 117 Å². The Morgan fingerprint density at radius 2 is 1.61 bits per heavy atom. The van der Waals surface area contributed by atoms with Crippen molar-refractivity contribution in [1.82, 2.24) is 14.7 Å². The molecule has 0 aliphatic carbocycles. The third kappa shape index (κ3) is 7.29.